The van der Waals surface area contributed by atoms with Gasteiger partial charge in [-0.3, -0.25) is 4.79 Å². The highest BCUT2D eigenvalue weighted by atomic mass is 16.5. The summed E-state index contributed by atoms with van der Waals surface area (Å²) < 4.78 is 9.91. The first kappa shape index (κ1) is 16.5. The topological polar surface area (TPSA) is 47.6 Å². The number of nitrogens with one attached hydrogen (secondary N) is 1. The largest absolute Gasteiger partial charge is 0.497 e. The molecule has 0 spiro atoms. The van der Waals surface area contributed by atoms with Gasteiger partial charge in [0.25, 0.3) is 0 Å². The second kappa shape index (κ2) is 7.90. The molecule has 1 rings (SSSR count). The minimum absolute atomic E-state index is 0.146. The monoisotopic (exact) mass is 279 g/mol. The Labute approximate surface area is 121 Å². The van der Waals surface area contributed by atoms with Gasteiger partial charge in [-0.25, -0.2) is 0 Å². The lowest BCUT2D eigenvalue weighted by Crippen LogP contribution is -2.27. The number of ether oxygens (including phenoxy) is 2. The van der Waals surface area contributed by atoms with Gasteiger partial charge < -0.3 is 14.8 Å². The molecule has 0 aliphatic carbocycles. The molecule has 4 nitrogen and oxygen atoms in total. The van der Waals surface area contributed by atoms with Gasteiger partial charge in [0.1, 0.15) is 5.75 Å². The average molecular weight is 279 g/mol. The van der Waals surface area contributed by atoms with Crippen molar-refractivity contribution < 1.29 is 14.3 Å². The van der Waals surface area contributed by atoms with E-state index in [9.17, 15) is 4.79 Å². The predicted octanol–water partition coefficient (Wildman–Crippen LogP) is 2.76. The molecule has 0 radical (unpaired) electrons. The maximum Gasteiger partial charge on any atom is 0.311 e. The molecule has 0 saturated heterocycles. The van der Waals surface area contributed by atoms with Gasteiger partial charge in [-0.2, -0.15) is 0 Å². The van der Waals surface area contributed by atoms with E-state index in [1.165, 1.54) is 12.7 Å². The van der Waals surface area contributed by atoms with Crippen LogP contribution in [-0.2, 0) is 16.1 Å². The third-order valence-electron chi connectivity index (χ3n) is 3.38. The van der Waals surface area contributed by atoms with E-state index in [4.69, 9.17) is 9.47 Å². The number of esters is 1. The van der Waals surface area contributed by atoms with Crippen molar-refractivity contribution in [3.8, 4) is 5.75 Å². The second-order valence-corrected chi connectivity index (χ2v) is 5.50. The molecule has 1 N–H and O–H groups in total. The van der Waals surface area contributed by atoms with Gasteiger partial charge in [-0.05, 0) is 50.9 Å². The summed E-state index contributed by atoms with van der Waals surface area (Å²) in [7, 11) is 3.10. The molecule has 0 aliphatic heterocycles. The SMILES string of the molecule is COC(=O)C(C)(C)CCCNCc1ccc(OC)cc1. The zero-order chi connectivity index (χ0) is 15.0. The Bertz CT molecular complexity index is 412. The molecular weight excluding hydrogens is 254 g/mol. The van der Waals surface area contributed by atoms with Gasteiger partial charge in [-0.15, -0.1) is 0 Å². The van der Waals surface area contributed by atoms with Gasteiger partial charge in [0.2, 0.25) is 0 Å². The summed E-state index contributed by atoms with van der Waals surface area (Å²) in [6, 6.07) is 8.00. The van der Waals surface area contributed by atoms with Gasteiger partial charge in [-0.1, -0.05) is 12.1 Å². The van der Waals surface area contributed by atoms with Crippen LogP contribution in [0.15, 0.2) is 24.3 Å². The van der Waals surface area contributed by atoms with Crippen molar-refractivity contribution in [2.24, 2.45) is 5.41 Å². The fourth-order valence-electron chi connectivity index (χ4n) is 2.01. The molecule has 0 heterocycles. The molecular formula is C16H25NO3. The van der Waals surface area contributed by atoms with Crippen LogP contribution in [0.2, 0.25) is 0 Å². The summed E-state index contributed by atoms with van der Waals surface area (Å²) in [5.74, 6) is 0.723. The van der Waals surface area contributed by atoms with Crippen molar-refractivity contribution in [2.75, 3.05) is 20.8 Å². The number of hydrogen-bond acceptors (Lipinski definition) is 4. The molecule has 0 bridgehead atoms. The average Bonchev–Trinajstić information content (AvgIpc) is 2.46. The van der Waals surface area contributed by atoms with E-state index >= 15 is 0 Å². The molecule has 112 valence electrons. The second-order valence-electron chi connectivity index (χ2n) is 5.50. The summed E-state index contributed by atoms with van der Waals surface area (Å²) in [5, 5.41) is 3.38. The van der Waals surface area contributed by atoms with E-state index in [1.807, 2.05) is 38.1 Å². The molecule has 1 aromatic carbocycles. The molecule has 0 fully saturated rings. The molecule has 0 unspecified atom stereocenters. The van der Waals surface area contributed by atoms with E-state index in [1.54, 1.807) is 7.11 Å². The van der Waals surface area contributed by atoms with Crippen LogP contribution in [0.5, 0.6) is 5.75 Å². The maximum atomic E-state index is 11.5. The van der Waals surface area contributed by atoms with Gasteiger partial charge in [0.05, 0.1) is 19.6 Å². The smallest absolute Gasteiger partial charge is 0.311 e. The number of rotatable bonds is 8. The van der Waals surface area contributed by atoms with Crippen molar-refractivity contribution in [1.29, 1.82) is 0 Å². The molecule has 0 aliphatic rings. The third-order valence-corrected chi connectivity index (χ3v) is 3.38. The first-order valence-corrected chi connectivity index (χ1v) is 6.91. The summed E-state index contributed by atoms with van der Waals surface area (Å²) in [6.45, 7) is 5.54. The first-order valence-electron chi connectivity index (χ1n) is 6.91. The highest BCUT2D eigenvalue weighted by Gasteiger charge is 2.27. The Morgan fingerprint density at radius 2 is 1.85 bits per heavy atom. The molecule has 1 aromatic rings. The molecule has 0 amide bonds. The number of methoxy groups -OCH3 is 2. The third kappa shape index (κ3) is 5.21. The van der Waals surface area contributed by atoms with E-state index in [0.29, 0.717) is 0 Å². The van der Waals surface area contributed by atoms with Crippen LogP contribution < -0.4 is 10.1 Å². The van der Waals surface area contributed by atoms with Crippen LogP contribution in [-0.4, -0.2) is 26.7 Å². The van der Waals surface area contributed by atoms with Crippen LogP contribution in [0.4, 0.5) is 0 Å². The predicted molar refractivity (Wildman–Crippen MR) is 79.7 cm³/mol. The standard InChI is InChI=1S/C16H25NO3/c1-16(2,15(18)20-4)10-5-11-17-12-13-6-8-14(19-3)9-7-13/h6-9,17H,5,10-12H2,1-4H3. The Balaban J connectivity index is 2.23. The lowest BCUT2D eigenvalue weighted by molar-refractivity contribution is -0.151. The summed E-state index contributed by atoms with van der Waals surface area (Å²) >= 11 is 0. The van der Waals surface area contributed by atoms with Gasteiger partial charge in [0.15, 0.2) is 0 Å². The number of benzene rings is 1. The van der Waals surface area contributed by atoms with E-state index < -0.39 is 5.41 Å². The molecule has 0 saturated carbocycles. The number of carbonyl (C=O) groups excluding carboxylic acids is 1. The van der Waals surface area contributed by atoms with E-state index in [-0.39, 0.29) is 5.97 Å². The summed E-state index contributed by atoms with van der Waals surface area (Å²) in [4.78, 5) is 11.5. The van der Waals surface area contributed by atoms with Crippen molar-refractivity contribution in [3.63, 3.8) is 0 Å². The molecule has 0 atom stereocenters. The van der Waals surface area contributed by atoms with Crippen LogP contribution in [0.3, 0.4) is 0 Å². The van der Waals surface area contributed by atoms with E-state index in [0.717, 1.165) is 31.7 Å². The van der Waals surface area contributed by atoms with Crippen LogP contribution in [0.1, 0.15) is 32.3 Å². The highest BCUT2D eigenvalue weighted by Crippen LogP contribution is 2.23. The minimum Gasteiger partial charge on any atom is -0.497 e. The summed E-state index contributed by atoms with van der Waals surface area (Å²) in [6.07, 6.45) is 1.76. The van der Waals surface area contributed by atoms with Crippen molar-refractivity contribution >= 4 is 5.97 Å². The normalized spacial score (nSPS) is 11.2. The lowest BCUT2D eigenvalue weighted by atomic mass is 9.88. The Hall–Kier alpha value is -1.55. The zero-order valence-electron chi connectivity index (χ0n) is 12.9. The molecule has 0 aromatic heterocycles. The van der Waals surface area contributed by atoms with Crippen LogP contribution in [0.25, 0.3) is 0 Å². The highest BCUT2D eigenvalue weighted by molar-refractivity contribution is 5.75. The fraction of sp³-hybridized carbons (Fsp3) is 0.562. The minimum atomic E-state index is -0.406. The quantitative estimate of drug-likeness (QED) is 0.587. The van der Waals surface area contributed by atoms with Crippen molar-refractivity contribution in [1.82, 2.24) is 5.32 Å². The Morgan fingerprint density at radius 1 is 1.20 bits per heavy atom. The first-order chi connectivity index (χ1) is 9.49. The fourth-order valence-corrected chi connectivity index (χ4v) is 2.01. The van der Waals surface area contributed by atoms with Gasteiger partial charge >= 0.3 is 5.97 Å². The summed E-state index contributed by atoms with van der Waals surface area (Å²) in [5.41, 5.74) is 0.814. The van der Waals surface area contributed by atoms with Crippen molar-refractivity contribution in [2.45, 2.75) is 33.2 Å². The Morgan fingerprint density at radius 3 is 2.40 bits per heavy atom. The van der Waals surface area contributed by atoms with E-state index in [2.05, 4.69) is 5.32 Å². The zero-order valence-corrected chi connectivity index (χ0v) is 12.9. The molecule has 4 heteroatoms. The molecule has 20 heavy (non-hydrogen) atoms. The van der Waals surface area contributed by atoms with Crippen molar-refractivity contribution in [3.05, 3.63) is 29.8 Å². The Kier molecular flexibility index (Phi) is 6.52. The maximum absolute atomic E-state index is 11.5. The van der Waals surface area contributed by atoms with Crippen LogP contribution in [0, 0.1) is 5.41 Å². The van der Waals surface area contributed by atoms with Gasteiger partial charge in [0, 0.05) is 6.54 Å². The number of carbonyl (C=O) groups is 1. The van der Waals surface area contributed by atoms with Crippen LogP contribution >= 0.6 is 0 Å². The lowest BCUT2D eigenvalue weighted by Gasteiger charge is -2.21. The number of hydrogen-bond donors (Lipinski definition) is 1.